The maximum Gasteiger partial charge on any atom is 0.175 e. The first-order valence-electron chi connectivity index (χ1n) is 10.5. The summed E-state index contributed by atoms with van der Waals surface area (Å²) in [5.74, 6) is 0. The Hall–Kier alpha value is -1.83. The summed E-state index contributed by atoms with van der Waals surface area (Å²) in [6, 6.07) is 11.9. The van der Waals surface area contributed by atoms with Crippen LogP contribution in [-0.2, 0) is 16.4 Å². The summed E-state index contributed by atoms with van der Waals surface area (Å²) in [5, 5.41) is 12.3. The number of nitrogens with zero attached hydrogens (tertiary/aromatic N) is 3. The van der Waals surface area contributed by atoms with Crippen molar-refractivity contribution >= 4 is 9.84 Å². The number of benzene rings is 1. The van der Waals surface area contributed by atoms with Gasteiger partial charge in [0.1, 0.15) is 0 Å². The summed E-state index contributed by atoms with van der Waals surface area (Å²) in [7, 11) is -3.19. The van der Waals surface area contributed by atoms with E-state index in [1.165, 1.54) is 31.9 Å². The van der Waals surface area contributed by atoms with Gasteiger partial charge in [-0.05, 0) is 63.0 Å². The van der Waals surface area contributed by atoms with Crippen LogP contribution in [0, 0.1) is 0 Å². The number of rotatable bonds is 8. The highest BCUT2D eigenvalue weighted by atomic mass is 32.2. The Labute approximate surface area is 174 Å². The zero-order valence-corrected chi connectivity index (χ0v) is 18.5. The van der Waals surface area contributed by atoms with Crippen molar-refractivity contribution in [2.24, 2.45) is 0 Å². The fraction of sp³-hybridized carbons (Fsp3) is 0.545. The number of hydrogen-bond acceptors (Lipinski definition) is 6. The smallest absolute Gasteiger partial charge is 0.175 e. The van der Waals surface area contributed by atoms with E-state index in [1.54, 1.807) is 24.3 Å². The molecule has 0 spiro atoms. The minimum Gasteiger partial charge on any atom is -0.308 e. The predicted octanol–water partition coefficient (Wildman–Crippen LogP) is 3.29. The Morgan fingerprint density at radius 1 is 1.03 bits per heavy atom. The van der Waals surface area contributed by atoms with E-state index in [0.29, 0.717) is 10.9 Å². The van der Waals surface area contributed by atoms with Crippen LogP contribution in [0.15, 0.2) is 41.3 Å². The molecule has 29 heavy (non-hydrogen) atoms. The second-order valence-corrected chi connectivity index (χ2v) is 9.88. The van der Waals surface area contributed by atoms with E-state index in [9.17, 15) is 8.42 Å². The first-order valence-corrected chi connectivity index (χ1v) is 12.4. The van der Waals surface area contributed by atoms with Crippen molar-refractivity contribution in [2.75, 3.05) is 19.3 Å². The Morgan fingerprint density at radius 2 is 1.69 bits per heavy atom. The molecule has 1 aromatic carbocycles. The molecule has 1 aliphatic heterocycles. The van der Waals surface area contributed by atoms with Gasteiger partial charge >= 0.3 is 0 Å². The van der Waals surface area contributed by atoms with E-state index in [1.807, 2.05) is 12.1 Å². The highest BCUT2D eigenvalue weighted by molar-refractivity contribution is 7.90. The molecule has 1 aliphatic rings. The van der Waals surface area contributed by atoms with Crippen LogP contribution >= 0.6 is 0 Å². The first-order chi connectivity index (χ1) is 13.9. The molecule has 0 atom stereocenters. The molecule has 1 N–H and O–H groups in total. The number of sulfone groups is 1. The molecule has 158 valence electrons. The van der Waals surface area contributed by atoms with Gasteiger partial charge < -0.3 is 10.2 Å². The Bertz CT molecular complexity index is 870. The zero-order chi connectivity index (χ0) is 20.9. The highest BCUT2D eigenvalue weighted by Gasteiger charge is 2.22. The second-order valence-electron chi connectivity index (χ2n) is 7.87. The molecule has 1 aromatic heterocycles. The van der Waals surface area contributed by atoms with Crippen LogP contribution in [0.25, 0.3) is 11.3 Å². The number of likely N-dealkylation sites (tertiary alicyclic amines) is 1. The van der Waals surface area contributed by atoms with Gasteiger partial charge in [-0.1, -0.05) is 26.0 Å². The molecule has 7 heteroatoms. The highest BCUT2D eigenvalue weighted by Crippen LogP contribution is 2.20. The SMILES string of the molecule is CCC(CC)N1CCC(NCc2ccc(-c3ccc(S(C)(=O)=O)cc3)nn2)CC1. The molecular weight excluding hydrogens is 384 g/mol. The minimum absolute atomic E-state index is 0.310. The zero-order valence-electron chi connectivity index (χ0n) is 17.6. The monoisotopic (exact) mass is 416 g/mol. The lowest BCUT2D eigenvalue weighted by atomic mass is 10.0. The van der Waals surface area contributed by atoms with Crippen LogP contribution in [-0.4, -0.2) is 54.9 Å². The molecule has 0 bridgehead atoms. The van der Waals surface area contributed by atoms with Gasteiger partial charge in [-0.15, -0.1) is 0 Å². The van der Waals surface area contributed by atoms with E-state index in [4.69, 9.17) is 0 Å². The molecule has 0 unspecified atom stereocenters. The van der Waals surface area contributed by atoms with Gasteiger partial charge in [-0.25, -0.2) is 8.42 Å². The lowest BCUT2D eigenvalue weighted by Crippen LogP contribution is -2.46. The van der Waals surface area contributed by atoms with E-state index >= 15 is 0 Å². The van der Waals surface area contributed by atoms with Gasteiger partial charge in [0.05, 0.1) is 16.3 Å². The summed E-state index contributed by atoms with van der Waals surface area (Å²) >= 11 is 0. The van der Waals surface area contributed by atoms with Gasteiger partial charge in [0.25, 0.3) is 0 Å². The molecule has 0 aliphatic carbocycles. The fourth-order valence-electron chi connectivity index (χ4n) is 4.00. The largest absolute Gasteiger partial charge is 0.308 e. The normalized spacial score (nSPS) is 16.4. The van der Waals surface area contributed by atoms with Crippen molar-refractivity contribution < 1.29 is 8.42 Å². The van der Waals surface area contributed by atoms with Crippen LogP contribution in [0.3, 0.4) is 0 Å². The summed E-state index contributed by atoms with van der Waals surface area (Å²) in [4.78, 5) is 2.94. The average molecular weight is 417 g/mol. The number of nitrogens with one attached hydrogen (secondary N) is 1. The van der Waals surface area contributed by atoms with Crippen LogP contribution in [0.5, 0.6) is 0 Å². The van der Waals surface area contributed by atoms with Crippen LogP contribution in [0.2, 0.25) is 0 Å². The Balaban J connectivity index is 1.51. The van der Waals surface area contributed by atoms with E-state index in [2.05, 4.69) is 34.3 Å². The molecular formula is C22H32N4O2S. The van der Waals surface area contributed by atoms with Crippen molar-refractivity contribution in [3.63, 3.8) is 0 Å². The van der Waals surface area contributed by atoms with Gasteiger partial charge in [0.2, 0.25) is 0 Å². The Kier molecular flexibility index (Phi) is 7.38. The summed E-state index contributed by atoms with van der Waals surface area (Å²) in [6.07, 6.45) is 6.02. The lowest BCUT2D eigenvalue weighted by molar-refractivity contribution is 0.135. The third kappa shape index (κ3) is 5.84. The molecule has 0 radical (unpaired) electrons. The van der Waals surface area contributed by atoms with Crippen LogP contribution in [0.4, 0.5) is 0 Å². The van der Waals surface area contributed by atoms with Crippen LogP contribution < -0.4 is 5.32 Å². The molecule has 3 rings (SSSR count). The van der Waals surface area contributed by atoms with Gasteiger partial charge in [0.15, 0.2) is 9.84 Å². The topological polar surface area (TPSA) is 75.2 Å². The van der Waals surface area contributed by atoms with Gasteiger partial charge in [-0.2, -0.15) is 10.2 Å². The van der Waals surface area contributed by atoms with Crippen molar-refractivity contribution in [3.05, 3.63) is 42.1 Å². The molecule has 0 amide bonds. The van der Waals surface area contributed by atoms with Crippen molar-refractivity contribution in [1.82, 2.24) is 20.4 Å². The van der Waals surface area contributed by atoms with E-state index < -0.39 is 9.84 Å². The third-order valence-corrected chi connectivity index (χ3v) is 6.99. The van der Waals surface area contributed by atoms with E-state index in [-0.39, 0.29) is 0 Å². The average Bonchev–Trinajstić information content (AvgIpc) is 2.74. The molecule has 1 fully saturated rings. The number of aromatic nitrogens is 2. The molecule has 1 saturated heterocycles. The summed E-state index contributed by atoms with van der Waals surface area (Å²) in [6.45, 7) is 7.61. The van der Waals surface area contributed by atoms with Gasteiger partial charge in [0, 0.05) is 30.4 Å². The fourth-order valence-corrected chi connectivity index (χ4v) is 4.63. The van der Waals surface area contributed by atoms with Crippen molar-refractivity contribution in [1.29, 1.82) is 0 Å². The number of piperidine rings is 1. The maximum atomic E-state index is 11.6. The molecule has 0 saturated carbocycles. The predicted molar refractivity (Wildman–Crippen MR) is 116 cm³/mol. The standard InChI is InChI=1S/C22H32N4O2S/c1-4-20(5-2)26-14-12-18(13-15-26)23-16-19-8-11-22(25-24-19)17-6-9-21(10-7-17)29(3,27)28/h6-11,18,20,23H,4-5,12-16H2,1-3H3. The van der Waals surface area contributed by atoms with Crippen molar-refractivity contribution in [3.8, 4) is 11.3 Å². The second kappa shape index (κ2) is 9.78. The number of hydrogen-bond donors (Lipinski definition) is 1. The first kappa shape index (κ1) is 21.9. The Morgan fingerprint density at radius 3 is 2.21 bits per heavy atom. The molecule has 2 aromatic rings. The maximum absolute atomic E-state index is 11.6. The quantitative estimate of drug-likeness (QED) is 0.712. The minimum atomic E-state index is -3.19. The van der Waals surface area contributed by atoms with E-state index in [0.717, 1.165) is 42.6 Å². The molecule has 6 nitrogen and oxygen atoms in total. The van der Waals surface area contributed by atoms with Crippen LogP contribution in [0.1, 0.15) is 45.2 Å². The summed E-state index contributed by atoms with van der Waals surface area (Å²) in [5.41, 5.74) is 2.52. The van der Waals surface area contributed by atoms with Gasteiger partial charge in [-0.3, -0.25) is 0 Å². The van der Waals surface area contributed by atoms with Crippen molar-refractivity contribution in [2.45, 2.75) is 63.1 Å². The third-order valence-electron chi connectivity index (χ3n) is 5.86. The lowest BCUT2D eigenvalue weighted by Gasteiger charge is -2.37. The summed E-state index contributed by atoms with van der Waals surface area (Å²) < 4.78 is 23.1. The molecule has 2 heterocycles.